The first-order valence-corrected chi connectivity index (χ1v) is 9.05. The minimum atomic E-state index is -1.33. The number of carbonyl (C=O) groups excluding carboxylic acids is 1. The second kappa shape index (κ2) is 11.0. The van der Waals surface area contributed by atoms with Crippen molar-refractivity contribution in [3.05, 3.63) is 17.5 Å². The van der Waals surface area contributed by atoms with E-state index in [1.54, 1.807) is 16.7 Å². The topological polar surface area (TPSA) is 108 Å². The molecule has 2 heterocycles. The van der Waals surface area contributed by atoms with Gasteiger partial charge in [0.2, 0.25) is 0 Å². The van der Waals surface area contributed by atoms with Gasteiger partial charge in [-0.05, 0) is 26.3 Å². The van der Waals surface area contributed by atoms with E-state index in [-0.39, 0.29) is 6.42 Å². The van der Waals surface area contributed by atoms with Gasteiger partial charge in [-0.15, -0.1) is 0 Å². The summed E-state index contributed by atoms with van der Waals surface area (Å²) in [6.07, 6.45) is 2.04. The Morgan fingerprint density at radius 2 is 1.79 bits per heavy atom. The lowest BCUT2D eigenvalue weighted by Gasteiger charge is -2.10. The molecule has 1 aromatic heterocycles. The van der Waals surface area contributed by atoms with Crippen molar-refractivity contribution >= 4 is 23.7 Å². The number of nitrogens with zero attached hydrogens (tertiary/aromatic N) is 2. The molecule has 8 heteroatoms. The van der Waals surface area contributed by atoms with Crippen LogP contribution in [0.15, 0.2) is 11.2 Å². The molecule has 2 N–H and O–H groups in total. The normalized spacial score (nSPS) is 14.1. The molecule has 1 aliphatic heterocycles. The minimum Gasteiger partial charge on any atom is -0.550 e. The number of likely N-dealkylation sites (tertiary alicyclic amines) is 1. The van der Waals surface area contributed by atoms with Crippen LogP contribution in [0.3, 0.4) is 0 Å². The predicted molar refractivity (Wildman–Crippen MR) is 88.9 cm³/mol. The maximum absolute atomic E-state index is 9.61. The third-order valence-corrected chi connectivity index (χ3v) is 4.35. The Hall–Kier alpha value is -1.67. The van der Waals surface area contributed by atoms with E-state index in [0.29, 0.717) is 0 Å². The molecule has 0 radical (unpaired) electrons. The number of carboxylic acid groups (broad SMARTS) is 2. The molecule has 1 saturated heterocycles. The van der Waals surface area contributed by atoms with Gasteiger partial charge >= 0.3 is 5.97 Å². The molecule has 0 bridgehead atoms. The van der Waals surface area contributed by atoms with Gasteiger partial charge in [-0.2, -0.15) is 0 Å². The van der Waals surface area contributed by atoms with Gasteiger partial charge in [-0.25, -0.2) is 9.97 Å². The van der Waals surface area contributed by atoms with E-state index in [1.165, 1.54) is 32.5 Å². The number of nitrogens with one attached hydrogen (secondary N) is 1. The summed E-state index contributed by atoms with van der Waals surface area (Å²) in [6.45, 7) is 8.03. The Morgan fingerprint density at radius 1 is 1.21 bits per heavy atom. The number of carbonyl (C=O) groups is 2. The molecule has 0 atom stereocenters. The zero-order valence-electron chi connectivity index (χ0n) is 14.2. The molecular formula is C16H25N3O4S. The van der Waals surface area contributed by atoms with E-state index >= 15 is 0 Å². The van der Waals surface area contributed by atoms with Gasteiger partial charge in [0.15, 0.2) is 5.16 Å². The van der Waals surface area contributed by atoms with Crippen LogP contribution in [0.2, 0.25) is 0 Å². The van der Waals surface area contributed by atoms with Crippen molar-refractivity contribution in [2.75, 3.05) is 25.4 Å². The molecular weight excluding hydrogens is 330 g/mol. The molecule has 1 aliphatic rings. The van der Waals surface area contributed by atoms with E-state index in [4.69, 9.17) is 5.11 Å². The SMILES string of the molecule is Cc1cc(C)nc(SCC[NH+]2CCCC2)n1.O=C([O-])CCC(=O)O. The lowest BCUT2D eigenvalue weighted by Crippen LogP contribution is -3.10. The average molecular weight is 355 g/mol. The maximum atomic E-state index is 9.61. The van der Waals surface area contributed by atoms with E-state index in [9.17, 15) is 14.7 Å². The summed E-state index contributed by atoms with van der Waals surface area (Å²) in [5.41, 5.74) is 2.15. The van der Waals surface area contributed by atoms with Crippen molar-refractivity contribution in [2.24, 2.45) is 0 Å². The molecule has 0 spiro atoms. The molecule has 0 aliphatic carbocycles. The predicted octanol–water partition coefficient (Wildman–Crippen LogP) is -0.535. The van der Waals surface area contributed by atoms with Crippen molar-refractivity contribution in [1.82, 2.24) is 9.97 Å². The van der Waals surface area contributed by atoms with Crippen molar-refractivity contribution in [2.45, 2.75) is 44.7 Å². The molecule has 134 valence electrons. The lowest BCUT2D eigenvalue weighted by molar-refractivity contribution is -0.884. The Bertz CT molecular complexity index is 514. The highest BCUT2D eigenvalue weighted by molar-refractivity contribution is 7.99. The fourth-order valence-corrected chi connectivity index (χ4v) is 3.37. The van der Waals surface area contributed by atoms with Gasteiger partial charge in [0, 0.05) is 30.2 Å². The molecule has 1 fully saturated rings. The smallest absolute Gasteiger partial charge is 0.303 e. The summed E-state index contributed by atoms with van der Waals surface area (Å²) >= 11 is 1.79. The number of thioether (sulfide) groups is 1. The van der Waals surface area contributed by atoms with Crippen LogP contribution in [0.4, 0.5) is 0 Å². The highest BCUT2D eigenvalue weighted by Gasteiger charge is 2.14. The van der Waals surface area contributed by atoms with Crippen LogP contribution in [-0.2, 0) is 9.59 Å². The molecule has 0 aromatic carbocycles. The van der Waals surface area contributed by atoms with Crippen LogP contribution >= 0.6 is 11.8 Å². The van der Waals surface area contributed by atoms with Crippen molar-refractivity contribution < 1.29 is 24.7 Å². The summed E-state index contributed by atoms with van der Waals surface area (Å²) in [5.74, 6) is -1.31. The van der Waals surface area contributed by atoms with Crippen molar-refractivity contribution in [3.63, 3.8) is 0 Å². The monoisotopic (exact) mass is 355 g/mol. The molecule has 24 heavy (non-hydrogen) atoms. The largest absolute Gasteiger partial charge is 0.550 e. The van der Waals surface area contributed by atoms with Crippen LogP contribution in [0.1, 0.15) is 37.1 Å². The van der Waals surface area contributed by atoms with Gasteiger partial charge in [0.05, 0.1) is 31.8 Å². The zero-order chi connectivity index (χ0) is 17.9. The first kappa shape index (κ1) is 20.4. The summed E-state index contributed by atoms with van der Waals surface area (Å²) in [6, 6.07) is 2.02. The number of carboxylic acids is 2. The number of aryl methyl sites for hydroxylation is 2. The second-order valence-corrected chi connectivity index (χ2v) is 6.82. The highest BCUT2D eigenvalue weighted by atomic mass is 32.2. The number of hydrogen-bond donors (Lipinski definition) is 2. The van der Waals surface area contributed by atoms with Crippen LogP contribution in [0.25, 0.3) is 0 Å². The summed E-state index contributed by atoms with van der Waals surface area (Å²) < 4.78 is 0. The Kier molecular flexibility index (Phi) is 9.33. The van der Waals surface area contributed by atoms with E-state index < -0.39 is 18.4 Å². The number of hydrogen-bond acceptors (Lipinski definition) is 6. The van der Waals surface area contributed by atoms with Gasteiger partial charge in [0.1, 0.15) is 0 Å². The maximum Gasteiger partial charge on any atom is 0.303 e. The Balaban J connectivity index is 0.000000307. The average Bonchev–Trinajstić information content (AvgIpc) is 2.98. The van der Waals surface area contributed by atoms with E-state index in [0.717, 1.165) is 22.3 Å². The number of aliphatic carboxylic acids is 2. The van der Waals surface area contributed by atoms with Gasteiger partial charge in [0.25, 0.3) is 0 Å². The molecule has 1 aromatic rings. The third-order valence-electron chi connectivity index (χ3n) is 3.50. The van der Waals surface area contributed by atoms with Gasteiger partial charge in [-0.3, -0.25) is 4.79 Å². The Morgan fingerprint density at radius 3 is 2.25 bits per heavy atom. The van der Waals surface area contributed by atoms with E-state index in [2.05, 4.69) is 9.97 Å². The third kappa shape index (κ3) is 9.46. The molecule has 0 amide bonds. The van der Waals surface area contributed by atoms with Crippen LogP contribution < -0.4 is 10.0 Å². The van der Waals surface area contributed by atoms with Crippen molar-refractivity contribution in [1.29, 1.82) is 0 Å². The fraction of sp³-hybridized carbons (Fsp3) is 0.625. The minimum absolute atomic E-state index is 0.359. The molecule has 0 unspecified atom stereocenters. The quantitative estimate of drug-likeness (QED) is 0.500. The van der Waals surface area contributed by atoms with E-state index in [1.807, 2.05) is 19.9 Å². The number of rotatable bonds is 7. The van der Waals surface area contributed by atoms with Crippen molar-refractivity contribution in [3.8, 4) is 0 Å². The van der Waals surface area contributed by atoms with Gasteiger partial charge < -0.3 is 19.9 Å². The van der Waals surface area contributed by atoms with Gasteiger partial charge in [-0.1, -0.05) is 11.8 Å². The highest BCUT2D eigenvalue weighted by Crippen LogP contribution is 2.12. The van der Waals surface area contributed by atoms with Crippen LogP contribution in [0, 0.1) is 13.8 Å². The second-order valence-electron chi connectivity index (χ2n) is 5.75. The number of aromatic nitrogens is 2. The summed E-state index contributed by atoms with van der Waals surface area (Å²) in [7, 11) is 0. The number of quaternary nitrogens is 1. The molecule has 2 rings (SSSR count). The Labute approximate surface area is 146 Å². The molecule has 7 nitrogen and oxygen atoms in total. The summed E-state index contributed by atoms with van der Waals surface area (Å²) in [4.78, 5) is 29.8. The fourth-order valence-electron chi connectivity index (χ4n) is 2.38. The lowest BCUT2D eigenvalue weighted by atomic mass is 10.3. The zero-order valence-corrected chi connectivity index (χ0v) is 15.0. The summed E-state index contributed by atoms with van der Waals surface area (Å²) in [5, 5.41) is 18.3. The molecule has 0 saturated carbocycles. The van der Waals surface area contributed by atoms with Crippen LogP contribution in [-0.4, -0.2) is 52.4 Å². The van der Waals surface area contributed by atoms with Crippen LogP contribution in [0.5, 0.6) is 0 Å². The first-order valence-electron chi connectivity index (χ1n) is 8.07. The first-order chi connectivity index (χ1) is 11.4. The standard InChI is InChI=1S/C12H19N3S.C4H6O4/c1-10-9-11(2)14-12(13-10)16-8-7-15-5-3-4-6-15;5-3(6)1-2-4(7)8/h9H,3-8H2,1-2H3;1-2H2,(H,5,6)(H,7,8).